The van der Waals surface area contributed by atoms with Gasteiger partial charge in [-0.1, -0.05) is 90.5 Å². The summed E-state index contributed by atoms with van der Waals surface area (Å²) in [5.74, 6) is -0.273. The van der Waals surface area contributed by atoms with Gasteiger partial charge < -0.3 is 9.84 Å². The van der Waals surface area contributed by atoms with E-state index in [1.807, 2.05) is 60.7 Å². The lowest BCUT2D eigenvalue weighted by molar-refractivity contribution is -0.141. The summed E-state index contributed by atoms with van der Waals surface area (Å²) in [6.07, 6.45) is 4.51. The molecule has 0 saturated carbocycles. The van der Waals surface area contributed by atoms with E-state index in [1.165, 1.54) is 12.5 Å². The van der Waals surface area contributed by atoms with Crippen LogP contribution in [0.5, 0.6) is 5.75 Å². The minimum atomic E-state index is -3.29. The predicted molar refractivity (Wildman–Crippen MR) is 192 cm³/mol. The number of alkyl halides is 1. The van der Waals surface area contributed by atoms with Gasteiger partial charge in [0.15, 0.2) is 19.7 Å². The molecular weight excluding hydrogens is 688 g/mol. The van der Waals surface area contributed by atoms with Crippen LogP contribution in [0.25, 0.3) is 27.8 Å². The van der Waals surface area contributed by atoms with Crippen LogP contribution in [0, 0.1) is 0 Å². The molecule has 0 bridgehead atoms. The van der Waals surface area contributed by atoms with Crippen LogP contribution in [0.3, 0.4) is 0 Å². The number of carboxylic acid groups (broad SMARTS) is 1. The molecule has 48 heavy (non-hydrogen) atoms. The molecule has 246 valence electrons. The van der Waals surface area contributed by atoms with Gasteiger partial charge in [0.2, 0.25) is 0 Å². The lowest BCUT2D eigenvalue weighted by Crippen LogP contribution is -2.20. The van der Waals surface area contributed by atoms with Crippen LogP contribution >= 0.6 is 23.4 Å². The van der Waals surface area contributed by atoms with Crippen molar-refractivity contribution in [2.75, 3.05) is 18.3 Å². The fourth-order valence-corrected chi connectivity index (χ4v) is 7.02. The molecule has 0 heterocycles. The number of hydrogen-bond donors (Lipinski definition) is 1. The Morgan fingerprint density at radius 2 is 1.04 bits per heavy atom. The zero-order valence-corrected chi connectivity index (χ0v) is 29.1. The molecule has 1 atom stereocenters. The van der Waals surface area contributed by atoms with Gasteiger partial charge in [0, 0.05) is 23.2 Å². The molecule has 0 spiro atoms. The summed E-state index contributed by atoms with van der Waals surface area (Å²) in [4.78, 5) is 12.5. The first-order chi connectivity index (χ1) is 22.8. The van der Waals surface area contributed by atoms with Gasteiger partial charge in [0.25, 0.3) is 5.56 Å². The predicted octanol–water partition coefficient (Wildman–Crippen LogP) is 8.08. The third-order valence-corrected chi connectivity index (χ3v) is 10.9. The number of carbonyl (C=O) groups is 1. The Bertz CT molecular complexity index is 2020. The Morgan fingerprint density at radius 3 is 1.40 bits per heavy atom. The normalized spacial score (nSPS) is 12.2. The second-order valence-electron chi connectivity index (χ2n) is 10.9. The van der Waals surface area contributed by atoms with Crippen molar-refractivity contribution in [2.45, 2.75) is 20.2 Å². The van der Waals surface area contributed by atoms with Gasteiger partial charge in [-0.2, -0.15) is 0 Å². The fourth-order valence-electron chi connectivity index (χ4n) is 4.88. The van der Waals surface area contributed by atoms with Gasteiger partial charge >= 0.3 is 5.97 Å². The van der Waals surface area contributed by atoms with Crippen LogP contribution < -0.4 is 4.74 Å². The van der Waals surface area contributed by atoms with Crippen molar-refractivity contribution < 1.29 is 31.5 Å². The maximum Gasteiger partial charge on any atom is 0.360 e. The molecule has 0 aliphatic rings. The van der Waals surface area contributed by atoms with Crippen LogP contribution in [0.1, 0.15) is 11.1 Å². The van der Waals surface area contributed by atoms with Crippen molar-refractivity contribution in [1.29, 1.82) is 0 Å². The molecular formula is C37H31ClO7S3. The van der Waals surface area contributed by atoms with E-state index < -0.39 is 31.2 Å². The summed E-state index contributed by atoms with van der Waals surface area (Å²) in [7, 11) is -6.57. The SMILES string of the molecule is CS(=O)(=O)c1ccc(-c2ccc(C(=CCSc3ccc(OC(Cl)C(=O)O)cc3)c3ccc(-c4ccc(S(C)(=O)=O)cc4)cc3)cc2)cc1. The molecule has 5 rings (SSSR count). The van der Waals surface area contributed by atoms with Gasteiger partial charge in [-0.15, -0.1) is 11.8 Å². The van der Waals surface area contributed by atoms with Crippen molar-refractivity contribution >= 4 is 54.6 Å². The Kier molecular flexibility index (Phi) is 10.8. The number of thioether (sulfide) groups is 1. The highest BCUT2D eigenvalue weighted by Crippen LogP contribution is 2.31. The molecule has 0 aliphatic heterocycles. The molecule has 0 aliphatic carbocycles. The van der Waals surface area contributed by atoms with Crippen LogP contribution in [0.15, 0.2) is 142 Å². The number of aliphatic carboxylic acids is 1. The molecule has 7 nitrogen and oxygen atoms in total. The number of hydrogen-bond acceptors (Lipinski definition) is 7. The second kappa shape index (κ2) is 14.8. The number of ether oxygens (including phenoxy) is 1. The number of carboxylic acids is 1. The molecule has 5 aromatic carbocycles. The van der Waals surface area contributed by atoms with Gasteiger partial charge in [-0.3, -0.25) is 0 Å². The van der Waals surface area contributed by atoms with Crippen molar-refractivity contribution in [3.63, 3.8) is 0 Å². The topological polar surface area (TPSA) is 115 Å². The molecule has 5 aromatic rings. The summed E-state index contributed by atoms with van der Waals surface area (Å²) in [6, 6.07) is 36.8. The second-order valence-corrected chi connectivity index (χ2v) is 16.4. The molecule has 0 radical (unpaired) electrons. The average Bonchev–Trinajstić information content (AvgIpc) is 3.07. The minimum absolute atomic E-state index is 0.269. The van der Waals surface area contributed by atoms with E-state index >= 15 is 0 Å². The van der Waals surface area contributed by atoms with Crippen molar-refractivity contribution in [1.82, 2.24) is 0 Å². The maximum atomic E-state index is 11.9. The highest BCUT2D eigenvalue weighted by Gasteiger charge is 2.15. The number of benzene rings is 5. The number of rotatable bonds is 12. The number of sulfone groups is 2. The van der Waals surface area contributed by atoms with Crippen LogP contribution in [-0.4, -0.2) is 51.7 Å². The molecule has 0 aromatic heterocycles. The first-order valence-corrected chi connectivity index (χ1v) is 19.8. The monoisotopic (exact) mass is 718 g/mol. The average molecular weight is 719 g/mol. The standard InChI is InChI=1S/C37H31ClO7S3/c1-47(41,42)33-19-11-27(12-20-33)25-3-7-29(8-4-25)35(23-24-46-32-17-15-31(16-18-32)45-36(38)37(39)40)30-9-5-26(6-10-30)28-13-21-34(22-14-28)48(2,43)44/h3-23,36H,24H2,1-2H3,(H,39,40). The van der Waals surface area contributed by atoms with E-state index in [0.717, 1.165) is 43.8 Å². The molecule has 0 fully saturated rings. The Labute approximate surface area is 289 Å². The van der Waals surface area contributed by atoms with E-state index in [4.69, 9.17) is 21.4 Å². The quantitative estimate of drug-likeness (QED) is 0.102. The fraction of sp³-hybridized carbons (Fsp3) is 0.108. The van der Waals surface area contributed by atoms with E-state index in [2.05, 4.69) is 6.08 Å². The smallest absolute Gasteiger partial charge is 0.360 e. The summed E-state index contributed by atoms with van der Waals surface area (Å²) in [6.45, 7) is 0. The Morgan fingerprint density at radius 1 is 0.667 bits per heavy atom. The zero-order valence-electron chi connectivity index (χ0n) is 25.9. The lowest BCUT2D eigenvalue weighted by atomic mass is 9.94. The van der Waals surface area contributed by atoms with Crippen LogP contribution in [0.2, 0.25) is 0 Å². The van der Waals surface area contributed by atoms with Crippen molar-refractivity contribution in [3.05, 3.63) is 139 Å². The number of halogens is 1. The lowest BCUT2D eigenvalue weighted by Gasteiger charge is -2.12. The first-order valence-electron chi connectivity index (χ1n) is 14.6. The molecule has 1 N–H and O–H groups in total. The summed E-state index contributed by atoms with van der Waals surface area (Å²) >= 11 is 7.28. The molecule has 0 saturated heterocycles. The van der Waals surface area contributed by atoms with Gasteiger partial charge in [-0.05, 0) is 87.5 Å². The Balaban J connectivity index is 1.40. The molecule has 1 unspecified atom stereocenters. The zero-order chi connectivity index (χ0) is 34.5. The maximum absolute atomic E-state index is 11.9. The highest BCUT2D eigenvalue weighted by atomic mass is 35.5. The van der Waals surface area contributed by atoms with E-state index in [-0.39, 0.29) is 9.79 Å². The highest BCUT2D eigenvalue weighted by molar-refractivity contribution is 7.99. The van der Waals surface area contributed by atoms with Crippen molar-refractivity contribution in [2.24, 2.45) is 0 Å². The van der Waals surface area contributed by atoms with E-state index in [1.54, 1.807) is 72.4 Å². The van der Waals surface area contributed by atoms with E-state index in [9.17, 15) is 21.6 Å². The van der Waals surface area contributed by atoms with Crippen molar-refractivity contribution in [3.8, 4) is 28.0 Å². The summed E-state index contributed by atoms with van der Waals surface area (Å²) in [5, 5.41) is 8.97. The van der Waals surface area contributed by atoms with Gasteiger partial charge in [-0.25, -0.2) is 21.6 Å². The Hall–Kier alpha value is -4.35. The first kappa shape index (κ1) is 35.0. The third kappa shape index (κ3) is 8.96. The minimum Gasteiger partial charge on any atom is -0.478 e. The van der Waals surface area contributed by atoms with Crippen LogP contribution in [0.4, 0.5) is 0 Å². The summed E-state index contributed by atoms with van der Waals surface area (Å²) < 4.78 is 52.7. The largest absolute Gasteiger partial charge is 0.478 e. The van der Waals surface area contributed by atoms with E-state index in [0.29, 0.717) is 11.5 Å². The molecule has 0 amide bonds. The summed E-state index contributed by atoms with van der Waals surface area (Å²) in [5.41, 5.74) is 5.22. The molecule has 11 heteroatoms. The van der Waals surface area contributed by atoms with Gasteiger partial charge in [0.05, 0.1) is 9.79 Å². The third-order valence-electron chi connectivity index (χ3n) is 7.42. The van der Waals surface area contributed by atoms with Crippen LogP contribution in [-0.2, 0) is 24.5 Å². The van der Waals surface area contributed by atoms with Gasteiger partial charge in [0.1, 0.15) is 5.75 Å².